The van der Waals surface area contributed by atoms with Gasteiger partial charge in [0.05, 0.1) is 36.9 Å². The number of ether oxygens (including phenoxy) is 4. The fourth-order valence-electron chi connectivity index (χ4n) is 5.04. The van der Waals surface area contributed by atoms with Crippen LogP contribution in [0.2, 0.25) is 0 Å². The molecule has 1 aliphatic carbocycles. The topological polar surface area (TPSA) is 210 Å². The second-order valence-corrected chi connectivity index (χ2v) is 9.38. The summed E-state index contributed by atoms with van der Waals surface area (Å²) in [6.07, 6.45) is -4.25. The first kappa shape index (κ1) is 23.7. The molecule has 1 saturated carbocycles. The summed E-state index contributed by atoms with van der Waals surface area (Å²) in [6.45, 7) is 1.90. The molecule has 3 heterocycles. The van der Waals surface area contributed by atoms with Crippen molar-refractivity contribution in [3.05, 3.63) is 0 Å². The van der Waals surface area contributed by atoms with Gasteiger partial charge in [-0.1, -0.05) is 0 Å². The van der Waals surface area contributed by atoms with Crippen LogP contribution in [0.5, 0.6) is 0 Å². The Morgan fingerprint density at radius 2 is 1.81 bits per heavy atom. The molecule has 180 valence electrons. The zero-order valence-corrected chi connectivity index (χ0v) is 18.0. The van der Waals surface area contributed by atoms with Crippen LogP contribution < -0.4 is 27.8 Å². The maximum Gasteiger partial charge on any atom is 0.185 e. The lowest BCUT2D eigenvalue weighted by Gasteiger charge is -2.46. The summed E-state index contributed by atoms with van der Waals surface area (Å²) in [4.78, 5) is 0. The summed E-state index contributed by atoms with van der Waals surface area (Å²) < 4.78 is 23.5. The Morgan fingerprint density at radius 3 is 2.48 bits per heavy atom. The van der Waals surface area contributed by atoms with Crippen molar-refractivity contribution in [2.45, 2.75) is 98.7 Å². The van der Waals surface area contributed by atoms with Gasteiger partial charge < -0.3 is 62.1 Å². The average molecular weight is 448 g/mol. The van der Waals surface area contributed by atoms with E-state index in [1.807, 2.05) is 0 Å². The van der Waals surface area contributed by atoms with E-state index in [2.05, 4.69) is 10.6 Å². The molecular weight excluding hydrogens is 410 g/mol. The highest BCUT2D eigenvalue weighted by atomic mass is 16.7. The highest BCUT2D eigenvalue weighted by Crippen LogP contribution is 2.36. The Balaban J connectivity index is 1.44. The molecule has 4 aliphatic rings. The van der Waals surface area contributed by atoms with Gasteiger partial charge in [-0.2, -0.15) is 0 Å². The molecule has 4 fully saturated rings. The lowest BCUT2D eigenvalue weighted by Crippen LogP contribution is -2.67. The van der Waals surface area contributed by atoms with Crippen molar-refractivity contribution < 1.29 is 34.3 Å². The van der Waals surface area contributed by atoms with E-state index >= 15 is 0 Å². The molecule has 0 amide bonds. The number of nitrogens with one attached hydrogen (secondary N) is 2. The summed E-state index contributed by atoms with van der Waals surface area (Å²) in [7, 11) is 1.64. The first-order valence-electron chi connectivity index (χ1n) is 11.0. The third kappa shape index (κ3) is 4.50. The summed E-state index contributed by atoms with van der Waals surface area (Å²) in [5.41, 5.74) is 17.0. The first-order valence-corrected chi connectivity index (χ1v) is 11.0. The number of aliphatic hydroxyl groups excluding tert-OH is 2. The van der Waals surface area contributed by atoms with E-state index in [4.69, 9.17) is 36.1 Å². The quantitative estimate of drug-likeness (QED) is 0.182. The number of aliphatic hydroxyl groups is 3. The van der Waals surface area contributed by atoms with Crippen LogP contribution in [-0.4, -0.2) is 114 Å². The fourth-order valence-corrected chi connectivity index (χ4v) is 5.04. The molecule has 3 aliphatic heterocycles. The maximum atomic E-state index is 11.1. The molecule has 0 aromatic carbocycles. The molecule has 31 heavy (non-hydrogen) atoms. The molecule has 0 spiro atoms. The molecule has 12 heteroatoms. The Labute approximate surface area is 181 Å². The monoisotopic (exact) mass is 447 g/mol. The van der Waals surface area contributed by atoms with Gasteiger partial charge >= 0.3 is 0 Å². The molecule has 13 atom stereocenters. The van der Waals surface area contributed by atoms with Gasteiger partial charge in [0, 0.05) is 12.6 Å². The van der Waals surface area contributed by atoms with Crippen LogP contribution in [-0.2, 0) is 18.9 Å². The van der Waals surface area contributed by atoms with Crippen molar-refractivity contribution in [3.63, 3.8) is 0 Å². The van der Waals surface area contributed by atoms with Crippen LogP contribution in [0.3, 0.4) is 0 Å². The van der Waals surface area contributed by atoms with Crippen LogP contribution in [0, 0.1) is 0 Å². The van der Waals surface area contributed by atoms with Gasteiger partial charge in [0.1, 0.15) is 30.0 Å². The van der Waals surface area contributed by atoms with Gasteiger partial charge in [-0.25, -0.2) is 0 Å². The van der Waals surface area contributed by atoms with E-state index in [-0.39, 0.29) is 30.8 Å². The molecule has 0 aromatic heterocycles. The number of fused-ring (bicyclic) bond motifs is 1. The Morgan fingerprint density at radius 1 is 1.10 bits per heavy atom. The molecule has 4 rings (SSSR count). The molecular formula is C19H37N5O7. The smallest absolute Gasteiger partial charge is 0.185 e. The summed E-state index contributed by atoms with van der Waals surface area (Å²) in [5, 5.41) is 38.3. The highest BCUT2D eigenvalue weighted by molar-refractivity contribution is 5.19. The second-order valence-electron chi connectivity index (χ2n) is 9.38. The number of nitrogens with two attached hydrogens (primary N) is 3. The predicted octanol–water partition coefficient (Wildman–Crippen LogP) is -4.35. The van der Waals surface area contributed by atoms with Crippen molar-refractivity contribution in [2.75, 3.05) is 20.2 Å². The average Bonchev–Trinajstić information content (AvgIpc) is 3.52. The van der Waals surface area contributed by atoms with Crippen LogP contribution in [0.15, 0.2) is 0 Å². The first-order chi connectivity index (χ1) is 14.7. The van der Waals surface area contributed by atoms with Crippen LogP contribution in [0.1, 0.15) is 19.8 Å². The van der Waals surface area contributed by atoms with E-state index in [1.54, 1.807) is 14.0 Å². The standard InChI is InChI=1S/C19H37N5O7/c1-19(27)6-28-18(13(26)16(19)23-2)31-15-11-10(24-11)9(22)14(12(15)25)30-17-8(21)4-3-7(5-20)29-17/h7-18,23-27H,3-6,20-22H2,1-2H3/t7-,8?,9-,10?,11+,12?,13?,14?,15?,16+,17+,18+,19?/m0/s1. The SMILES string of the molecule is CN[C@@H]1C(O)[C@@H](OC2C(O)C(O[C@H]3O[C@H](CN)CCC3N)[C@@H](N)C3N[C@@H]23)OCC1(C)O. The van der Waals surface area contributed by atoms with E-state index < -0.39 is 54.7 Å². The lowest BCUT2D eigenvalue weighted by molar-refractivity contribution is -0.301. The largest absolute Gasteiger partial charge is 0.388 e. The van der Waals surface area contributed by atoms with Crippen molar-refractivity contribution in [2.24, 2.45) is 17.2 Å². The normalized spacial score (nSPS) is 55.0. The minimum atomic E-state index is -1.26. The number of likely N-dealkylation sites (N-methyl/N-ethyl adjacent to an activating group) is 1. The van der Waals surface area contributed by atoms with Crippen molar-refractivity contribution in [1.82, 2.24) is 10.6 Å². The highest BCUT2D eigenvalue weighted by Gasteiger charge is 2.60. The molecule has 11 N–H and O–H groups in total. The van der Waals surface area contributed by atoms with Gasteiger partial charge in [0.15, 0.2) is 12.6 Å². The number of rotatable bonds is 6. The summed E-state index contributed by atoms with van der Waals surface area (Å²) >= 11 is 0. The Hall–Kier alpha value is -0.480. The minimum Gasteiger partial charge on any atom is -0.388 e. The summed E-state index contributed by atoms with van der Waals surface area (Å²) in [6, 6.07) is -1.82. The summed E-state index contributed by atoms with van der Waals surface area (Å²) in [5.74, 6) is 0. The van der Waals surface area contributed by atoms with Crippen molar-refractivity contribution in [1.29, 1.82) is 0 Å². The third-order valence-corrected chi connectivity index (χ3v) is 6.97. The molecule has 0 bridgehead atoms. The molecule has 12 nitrogen and oxygen atoms in total. The van der Waals surface area contributed by atoms with Crippen LogP contribution >= 0.6 is 0 Å². The predicted molar refractivity (Wildman–Crippen MR) is 109 cm³/mol. The molecule has 3 saturated heterocycles. The Bertz CT molecular complexity index is 630. The van der Waals surface area contributed by atoms with Gasteiger partial charge in [0.2, 0.25) is 0 Å². The molecule has 0 aromatic rings. The van der Waals surface area contributed by atoms with E-state index in [0.29, 0.717) is 13.0 Å². The second kappa shape index (κ2) is 9.05. The zero-order chi connectivity index (χ0) is 22.5. The molecule has 0 radical (unpaired) electrons. The maximum absolute atomic E-state index is 11.1. The van der Waals surface area contributed by atoms with Crippen molar-refractivity contribution in [3.8, 4) is 0 Å². The van der Waals surface area contributed by atoms with E-state index in [0.717, 1.165) is 6.42 Å². The number of hydrogen-bond acceptors (Lipinski definition) is 12. The molecule has 7 unspecified atom stereocenters. The number of hydrogen-bond donors (Lipinski definition) is 8. The van der Waals surface area contributed by atoms with Gasteiger partial charge in [-0.05, 0) is 26.8 Å². The Kier molecular flexibility index (Phi) is 6.91. The van der Waals surface area contributed by atoms with Gasteiger partial charge in [-0.15, -0.1) is 0 Å². The zero-order valence-electron chi connectivity index (χ0n) is 18.0. The van der Waals surface area contributed by atoms with E-state index in [9.17, 15) is 15.3 Å². The van der Waals surface area contributed by atoms with E-state index in [1.165, 1.54) is 0 Å². The van der Waals surface area contributed by atoms with Crippen LogP contribution in [0.4, 0.5) is 0 Å². The lowest BCUT2D eigenvalue weighted by atomic mass is 9.87. The van der Waals surface area contributed by atoms with Crippen molar-refractivity contribution >= 4 is 0 Å². The van der Waals surface area contributed by atoms with Gasteiger partial charge in [-0.3, -0.25) is 0 Å². The van der Waals surface area contributed by atoms with Gasteiger partial charge in [0.25, 0.3) is 0 Å². The third-order valence-electron chi connectivity index (χ3n) is 6.97. The fraction of sp³-hybridized carbons (Fsp3) is 1.00. The minimum absolute atomic E-state index is 0.0325. The van der Waals surface area contributed by atoms with Crippen LogP contribution in [0.25, 0.3) is 0 Å².